The zero-order chi connectivity index (χ0) is 21.5. The summed E-state index contributed by atoms with van der Waals surface area (Å²) in [5.41, 5.74) is 2.02. The van der Waals surface area contributed by atoms with E-state index in [2.05, 4.69) is 26.6 Å². The summed E-state index contributed by atoms with van der Waals surface area (Å²) in [6.45, 7) is 4.82. The lowest BCUT2D eigenvalue weighted by Gasteiger charge is -2.31. The van der Waals surface area contributed by atoms with E-state index in [1.54, 1.807) is 13.1 Å². The third kappa shape index (κ3) is 5.84. The van der Waals surface area contributed by atoms with Gasteiger partial charge in [0, 0.05) is 43.3 Å². The maximum Gasteiger partial charge on any atom is 0.313 e. The van der Waals surface area contributed by atoms with Gasteiger partial charge in [0.1, 0.15) is 0 Å². The molecule has 2 heterocycles. The lowest BCUT2D eigenvalue weighted by molar-refractivity contribution is -0.384. The van der Waals surface area contributed by atoms with Crippen LogP contribution in [-0.2, 0) is 16.1 Å². The highest BCUT2D eigenvalue weighted by Gasteiger charge is 2.22. The van der Waals surface area contributed by atoms with Crippen molar-refractivity contribution >= 4 is 23.2 Å². The van der Waals surface area contributed by atoms with Crippen LogP contribution in [0.5, 0.6) is 0 Å². The van der Waals surface area contributed by atoms with Gasteiger partial charge in [-0.25, -0.2) is 0 Å². The van der Waals surface area contributed by atoms with Gasteiger partial charge in [-0.1, -0.05) is 6.07 Å². The van der Waals surface area contributed by atoms with Gasteiger partial charge in [-0.05, 0) is 62.0 Å². The molecule has 1 fully saturated rings. The minimum absolute atomic E-state index is 0.0650. The molecule has 3 rings (SSSR count). The smallest absolute Gasteiger partial charge is 0.313 e. The van der Waals surface area contributed by atoms with E-state index in [1.807, 2.05) is 12.3 Å². The lowest BCUT2D eigenvalue weighted by atomic mass is 9.96. The zero-order valence-electron chi connectivity index (χ0n) is 16.8. The van der Waals surface area contributed by atoms with Gasteiger partial charge in [-0.2, -0.15) is 0 Å². The van der Waals surface area contributed by atoms with Crippen molar-refractivity contribution in [2.75, 3.05) is 25.0 Å². The summed E-state index contributed by atoms with van der Waals surface area (Å²) in [7, 11) is 0. The summed E-state index contributed by atoms with van der Waals surface area (Å²) in [6, 6.07) is 8.06. The van der Waals surface area contributed by atoms with Crippen molar-refractivity contribution in [3.63, 3.8) is 0 Å². The fourth-order valence-corrected chi connectivity index (χ4v) is 3.50. The molecular formula is C21H25N5O4. The number of pyridine rings is 1. The Bertz CT molecular complexity index is 911. The van der Waals surface area contributed by atoms with E-state index in [9.17, 15) is 19.7 Å². The van der Waals surface area contributed by atoms with E-state index in [4.69, 9.17) is 0 Å². The van der Waals surface area contributed by atoms with Gasteiger partial charge in [0.05, 0.1) is 4.92 Å². The number of carbonyl (C=O) groups is 2. The molecule has 1 saturated heterocycles. The second-order valence-corrected chi connectivity index (χ2v) is 7.50. The van der Waals surface area contributed by atoms with Crippen molar-refractivity contribution < 1.29 is 14.5 Å². The Labute approximate surface area is 174 Å². The first kappa shape index (κ1) is 21.4. The number of nitro benzene ring substituents is 1. The van der Waals surface area contributed by atoms with Crippen molar-refractivity contribution in [1.82, 2.24) is 15.2 Å². The molecule has 2 N–H and O–H groups in total. The average molecular weight is 411 g/mol. The van der Waals surface area contributed by atoms with Crippen LogP contribution in [-0.4, -0.2) is 46.3 Å². The van der Waals surface area contributed by atoms with Crippen LogP contribution >= 0.6 is 0 Å². The third-order valence-electron chi connectivity index (χ3n) is 5.26. The monoisotopic (exact) mass is 411 g/mol. The van der Waals surface area contributed by atoms with Gasteiger partial charge < -0.3 is 10.6 Å². The van der Waals surface area contributed by atoms with Crippen molar-refractivity contribution in [2.24, 2.45) is 5.92 Å². The molecule has 0 bridgehead atoms. The molecule has 9 nitrogen and oxygen atoms in total. The van der Waals surface area contributed by atoms with Crippen LogP contribution in [0.25, 0.3) is 0 Å². The number of nitrogens with one attached hydrogen (secondary N) is 2. The highest BCUT2D eigenvalue weighted by Crippen LogP contribution is 2.21. The molecule has 0 atom stereocenters. The molecule has 30 heavy (non-hydrogen) atoms. The molecule has 2 amide bonds. The number of non-ortho nitro benzene ring substituents is 1. The fourth-order valence-electron chi connectivity index (χ4n) is 3.50. The molecule has 1 aromatic heterocycles. The number of benzene rings is 1. The molecule has 0 saturated carbocycles. The van der Waals surface area contributed by atoms with Crippen LogP contribution < -0.4 is 10.6 Å². The van der Waals surface area contributed by atoms with Crippen molar-refractivity contribution in [3.8, 4) is 0 Å². The average Bonchev–Trinajstić information content (AvgIpc) is 2.75. The summed E-state index contributed by atoms with van der Waals surface area (Å²) in [5, 5.41) is 16.0. The number of amides is 2. The predicted molar refractivity (Wildman–Crippen MR) is 112 cm³/mol. The van der Waals surface area contributed by atoms with E-state index in [0.29, 0.717) is 23.7 Å². The number of carbonyl (C=O) groups excluding carboxylic acids is 2. The number of aromatic nitrogens is 1. The second-order valence-electron chi connectivity index (χ2n) is 7.50. The fraction of sp³-hybridized carbons (Fsp3) is 0.381. The van der Waals surface area contributed by atoms with Gasteiger partial charge in [0.2, 0.25) is 0 Å². The van der Waals surface area contributed by atoms with Crippen molar-refractivity contribution in [2.45, 2.75) is 26.3 Å². The first-order valence-corrected chi connectivity index (χ1v) is 9.88. The Kier molecular flexibility index (Phi) is 7.08. The van der Waals surface area contributed by atoms with E-state index < -0.39 is 16.7 Å². The van der Waals surface area contributed by atoms with Gasteiger partial charge in [-0.3, -0.25) is 29.6 Å². The summed E-state index contributed by atoms with van der Waals surface area (Å²) in [5.74, 6) is -1.15. The Hall–Kier alpha value is -3.33. The van der Waals surface area contributed by atoms with Crippen LogP contribution in [0.3, 0.4) is 0 Å². The minimum atomic E-state index is -0.777. The predicted octanol–water partition coefficient (Wildman–Crippen LogP) is 2.27. The van der Waals surface area contributed by atoms with E-state index >= 15 is 0 Å². The second kappa shape index (κ2) is 9.93. The Balaban J connectivity index is 1.41. The topological polar surface area (TPSA) is 117 Å². The van der Waals surface area contributed by atoms with E-state index in [0.717, 1.165) is 32.5 Å². The van der Waals surface area contributed by atoms with Crippen LogP contribution in [0.1, 0.15) is 24.0 Å². The number of rotatable bonds is 6. The number of piperidine rings is 1. The molecule has 0 spiro atoms. The van der Waals surface area contributed by atoms with Crippen LogP contribution in [0.15, 0.2) is 42.7 Å². The van der Waals surface area contributed by atoms with Crippen LogP contribution in [0, 0.1) is 23.0 Å². The molecule has 1 aromatic carbocycles. The lowest BCUT2D eigenvalue weighted by Crippen LogP contribution is -2.41. The van der Waals surface area contributed by atoms with Crippen LogP contribution in [0.2, 0.25) is 0 Å². The summed E-state index contributed by atoms with van der Waals surface area (Å²) >= 11 is 0. The molecule has 9 heteroatoms. The standard InChI is InChI=1S/C21H25N5O4/c1-15-11-18(26(29)30)4-5-19(15)24-21(28)20(27)23-13-16-6-9-25(10-7-16)14-17-3-2-8-22-12-17/h2-5,8,11-12,16H,6-7,9-10,13-14H2,1H3,(H,23,27)(H,24,28). The molecule has 1 aliphatic heterocycles. The van der Waals surface area contributed by atoms with Gasteiger partial charge >= 0.3 is 11.8 Å². The van der Waals surface area contributed by atoms with Gasteiger partial charge in [0.15, 0.2) is 0 Å². The number of anilines is 1. The Morgan fingerprint density at radius 2 is 2.00 bits per heavy atom. The number of likely N-dealkylation sites (tertiary alicyclic amines) is 1. The Morgan fingerprint density at radius 1 is 1.23 bits per heavy atom. The molecule has 0 radical (unpaired) electrons. The summed E-state index contributed by atoms with van der Waals surface area (Å²) < 4.78 is 0. The quantitative estimate of drug-likeness (QED) is 0.428. The first-order valence-electron chi connectivity index (χ1n) is 9.88. The SMILES string of the molecule is Cc1cc([N+](=O)[O-])ccc1NC(=O)C(=O)NCC1CCN(Cc2cccnc2)CC1. The molecule has 1 aliphatic rings. The third-order valence-corrected chi connectivity index (χ3v) is 5.26. The summed E-state index contributed by atoms with van der Waals surface area (Å²) in [4.78, 5) is 41.1. The molecule has 2 aromatic rings. The number of aryl methyl sites for hydroxylation is 1. The van der Waals surface area contributed by atoms with Gasteiger partial charge in [0.25, 0.3) is 5.69 Å². The van der Waals surface area contributed by atoms with Crippen molar-refractivity contribution in [3.05, 3.63) is 64.0 Å². The van der Waals surface area contributed by atoms with E-state index in [-0.39, 0.29) is 5.69 Å². The normalized spacial score (nSPS) is 14.8. The van der Waals surface area contributed by atoms with E-state index in [1.165, 1.54) is 23.8 Å². The minimum Gasteiger partial charge on any atom is -0.348 e. The zero-order valence-corrected chi connectivity index (χ0v) is 16.8. The first-order chi connectivity index (χ1) is 14.4. The number of hydrogen-bond acceptors (Lipinski definition) is 6. The number of nitrogens with zero attached hydrogens (tertiary/aromatic N) is 3. The highest BCUT2D eigenvalue weighted by molar-refractivity contribution is 6.39. The number of nitro groups is 1. The summed E-state index contributed by atoms with van der Waals surface area (Å²) in [6.07, 6.45) is 5.53. The van der Waals surface area contributed by atoms with Crippen molar-refractivity contribution in [1.29, 1.82) is 0 Å². The Morgan fingerprint density at radius 3 is 2.63 bits per heavy atom. The molecule has 0 unspecified atom stereocenters. The molecule has 0 aliphatic carbocycles. The molecular weight excluding hydrogens is 386 g/mol. The van der Waals surface area contributed by atoms with Gasteiger partial charge in [-0.15, -0.1) is 0 Å². The largest absolute Gasteiger partial charge is 0.348 e. The number of hydrogen-bond donors (Lipinski definition) is 2. The van der Waals surface area contributed by atoms with Crippen LogP contribution in [0.4, 0.5) is 11.4 Å². The maximum atomic E-state index is 12.1. The molecule has 158 valence electrons. The highest BCUT2D eigenvalue weighted by atomic mass is 16.6. The maximum absolute atomic E-state index is 12.1.